The standard InChI is InChI=1S/C15H10BrNO3S2/c1-8-2-4-10(5-3-8)21-14-11(16)6-9(20-14)7-12-13(18)17-15(19)22-12/h2-7H,1H3,(H,17,18,19)/b12-7+. The van der Waals surface area contributed by atoms with E-state index in [1.54, 1.807) is 12.1 Å². The van der Waals surface area contributed by atoms with E-state index in [4.69, 9.17) is 4.42 Å². The fourth-order valence-corrected chi connectivity index (χ4v) is 3.77. The van der Waals surface area contributed by atoms with Gasteiger partial charge in [0, 0.05) is 11.0 Å². The minimum absolute atomic E-state index is 0.332. The van der Waals surface area contributed by atoms with Crippen LogP contribution in [-0.2, 0) is 4.79 Å². The van der Waals surface area contributed by atoms with Crippen molar-refractivity contribution < 1.29 is 14.0 Å². The van der Waals surface area contributed by atoms with Crippen molar-refractivity contribution in [2.24, 2.45) is 0 Å². The van der Waals surface area contributed by atoms with Crippen LogP contribution in [0.2, 0.25) is 0 Å². The van der Waals surface area contributed by atoms with Gasteiger partial charge in [-0.15, -0.1) is 0 Å². The third-order valence-corrected chi connectivity index (χ3v) is 5.48. The molecule has 1 aliphatic rings. The van der Waals surface area contributed by atoms with Crippen molar-refractivity contribution in [2.75, 3.05) is 0 Å². The van der Waals surface area contributed by atoms with E-state index >= 15 is 0 Å². The van der Waals surface area contributed by atoms with Gasteiger partial charge in [0.25, 0.3) is 11.1 Å². The van der Waals surface area contributed by atoms with Crippen molar-refractivity contribution in [3.05, 3.63) is 51.0 Å². The van der Waals surface area contributed by atoms with Crippen LogP contribution >= 0.6 is 39.5 Å². The number of hydrogen-bond acceptors (Lipinski definition) is 5. The first-order chi connectivity index (χ1) is 10.5. The monoisotopic (exact) mass is 395 g/mol. The minimum atomic E-state index is -0.393. The number of carbonyl (C=O) groups excluding carboxylic acids is 2. The molecule has 112 valence electrons. The highest BCUT2D eigenvalue weighted by Crippen LogP contribution is 2.37. The largest absolute Gasteiger partial charge is 0.449 e. The molecule has 0 radical (unpaired) electrons. The highest BCUT2D eigenvalue weighted by Gasteiger charge is 2.25. The lowest BCUT2D eigenvalue weighted by Crippen LogP contribution is -2.17. The molecule has 2 heterocycles. The molecular weight excluding hydrogens is 386 g/mol. The molecule has 1 aromatic carbocycles. The number of carbonyl (C=O) groups is 2. The lowest BCUT2D eigenvalue weighted by Gasteiger charge is -1.99. The Bertz CT molecular complexity index is 781. The summed E-state index contributed by atoms with van der Waals surface area (Å²) in [5.41, 5.74) is 1.20. The Kier molecular flexibility index (Phi) is 4.46. The van der Waals surface area contributed by atoms with Crippen LogP contribution in [0.15, 0.2) is 54.1 Å². The Morgan fingerprint density at radius 1 is 1.27 bits per heavy atom. The second-order valence-corrected chi connectivity index (χ2v) is 7.47. The summed E-state index contributed by atoms with van der Waals surface area (Å²) in [4.78, 5) is 24.1. The quantitative estimate of drug-likeness (QED) is 0.754. The Labute approximate surface area is 143 Å². The van der Waals surface area contributed by atoms with Gasteiger partial charge in [0.1, 0.15) is 5.76 Å². The van der Waals surface area contributed by atoms with E-state index < -0.39 is 5.91 Å². The van der Waals surface area contributed by atoms with Crippen molar-refractivity contribution in [3.63, 3.8) is 0 Å². The second kappa shape index (κ2) is 6.36. The normalized spacial score (nSPS) is 16.4. The number of rotatable bonds is 3. The highest BCUT2D eigenvalue weighted by atomic mass is 79.9. The molecule has 2 aromatic rings. The molecule has 0 spiro atoms. The van der Waals surface area contributed by atoms with Gasteiger partial charge >= 0.3 is 0 Å². The Hall–Kier alpha value is -1.44. The Morgan fingerprint density at radius 3 is 2.64 bits per heavy atom. The SMILES string of the molecule is Cc1ccc(Sc2oc(/C=C3/SC(=O)NC3=O)cc2Br)cc1. The summed E-state index contributed by atoms with van der Waals surface area (Å²) >= 11 is 5.80. The van der Waals surface area contributed by atoms with Crippen LogP contribution in [-0.4, -0.2) is 11.1 Å². The molecule has 22 heavy (non-hydrogen) atoms. The molecule has 0 aliphatic carbocycles. The second-order valence-electron chi connectivity index (χ2n) is 4.55. The van der Waals surface area contributed by atoms with Crippen LogP contribution in [0.4, 0.5) is 4.79 Å². The number of imide groups is 1. The van der Waals surface area contributed by atoms with E-state index in [0.29, 0.717) is 15.8 Å². The van der Waals surface area contributed by atoms with Crippen LogP contribution in [0.5, 0.6) is 0 Å². The molecule has 1 fully saturated rings. The maximum absolute atomic E-state index is 11.5. The molecule has 1 aliphatic heterocycles. The summed E-state index contributed by atoms with van der Waals surface area (Å²) in [6.45, 7) is 2.03. The van der Waals surface area contributed by atoms with Gasteiger partial charge in [0.15, 0.2) is 5.09 Å². The van der Waals surface area contributed by atoms with Gasteiger partial charge in [-0.3, -0.25) is 14.9 Å². The van der Waals surface area contributed by atoms with Gasteiger partial charge in [-0.1, -0.05) is 29.5 Å². The van der Waals surface area contributed by atoms with Crippen LogP contribution in [0.1, 0.15) is 11.3 Å². The number of halogens is 1. The number of furan rings is 1. The zero-order valence-corrected chi connectivity index (χ0v) is 14.6. The first-order valence-electron chi connectivity index (χ1n) is 6.30. The van der Waals surface area contributed by atoms with Crippen LogP contribution < -0.4 is 5.32 Å². The lowest BCUT2D eigenvalue weighted by atomic mass is 10.2. The van der Waals surface area contributed by atoms with Crippen LogP contribution in [0.3, 0.4) is 0 Å². The molecule has 0 unspecified atom stereocenters. The molecule has 2 amide bonds. The maximum Gasteiger partial charge on any atom is 0.290 e. The average Bonchev–Trinajstić information content (AvgIpc) is 2.96. The number of aryl methyl sites for hydroxylation is 1. The molecule has 3 rings (SSSR count). The predicted octanol–water partition coefficient (Wildman–Crippen LogP) is 4.83. The first kappa shape index (κ1) is 15.5. The molecule has 7 heteroatoms. The summed E-state index contributed by atoms with van der Waals surface area (Å²) in [6.07, 6.45) is 1.56. The molecular formula is C15H10BrNO3S2. The summed E-state index contributed by atoms with van der Waals surface area (Å²) in [5.74, 6) is 0.129. The smallest absolute Gasteiger partial charge is 0.290 e. The highest BCUT2D eigenvalue weighted by molar-refractivity contribution is 9.10. The van der Waals surface area contributed by atoms with Gasteiger partial charge in [-0.2, -0.15) is 0 Å². The van der Waals surface area contributed by atoms with E-state index in [1.165, 1.54) is 17.3 Å². The molecule has 0 atom stereocenters. The Morgan fingerprint density at radius 2 is 2.00 bits per heavy atom. The average molecular weight is 396 g/mol. The predicted molar refractivity (Wildman–Crippen MR) is 90.8 cm³/mol. The Balaban J connectivity index is 1.82. The van der Waals surface area contributed by atoms with E-state index in [-0.39, 0.29) is 5.24 Å². The van der Waals surface area contributed by atoms with Crippen molar-refractivity contribution in [1.82, 2.24) is 5.32 Å². The lowest BCUT2D eigenvalue weighted by molar-refractivity contribution is -0.115. The van der Waals surface area contributed by atoms with E-state index in [9.17, 15) is 9.59 Å². The fraction of sp³-hybridized carbons (Fsp3) is 0.0667. The topological polar surface area (TPSA) is 59.3 Å². The van der Waals surface area contributed by atoms with Gasteiger partial charge in [0.2, 0.25) is 0 Å². The van der Waals surface area contributed by atoms with E-state index in [1.807, 2.05) is 31.2 Å². The number of thioether (sulfide) groups is 1. The van der Waals surface area contributed by atoms with E-state index in [0.717, 1.165) is 21.1 Å². The van der Waals surface area contributed by atoms with Crippen LogP contribution in [0.25, 0.3) is 6.08 Å². The van der Waals surface area contributed by atoms with Gasteiger partial charge in [-0.05, 0) is 52.8 Å². The number of hydrogen-bond donors (Lipinski definition) is 1. The maximum atomic E-state index is 11.5. The van der Waals surface area contributed by atoms with Crippen molar-refractivity contribution in [1.29, 1.82) is 0 Å². The third-order valence-electron chi connectivity index (χ3n) is 2.82. The van der Waals surface area contributed by atoms with Crippen LogP contribution in [0, 0.1) is 6.92 Å². The molecule has 1 N–H and O–H groups in total. The minimum Gasteiger partial charge on any atom is -0.449 e. The summed E-state index contributed by atoms with van der Waals surface area (Å²) in [5, 5.41) is 2.55. The van der Waals surface area contributed by atoms with E-state index in [2.05, 4.69) is 21.2 Å². The summed E-state index contributed by atoms with van der Waals surface area (Å²) in [6, 6.07) is 9.89. The molecule has 0 bridgehead atoms. The molecule has 1 aromatic heterocycles. The van der Waals surface area contributed by atoms with Crippen molar-refractivity contribution in [3.8, 4) is 0 Å². The van der Waals surface area contributed by atoms with Gasteiger partial charge in [-0.25, -0.2) is 0 Å². The summed E-state index contributed by atoms with van der Waals surface area (Å²) in [7, 11) is 0. The van der Waals surface area contributed by atoms with Crippen molar-refractivity contribution in [2.45, 2.75) is 16.9 Å². The van der Waals surface area contributed by atoms with Gasteiger partial charge < -0.3 is 4.42 Å². The zero-order chi connectivity index (χ0) is 15.7. The zero-order valence-electron chi connectivity index (χ0n) is 11.4. The van der Waals surface area contributed by atoms with Gasteiger partial charge in [0.05, 0.1) is 9.38 Å². The number of nitrogens with one attached hydrogen (secondary N) is 1. The fourth-order valence-electron chi connectivity index (χ4n) is 1.77. The summed E-state index contributed by atoms with van der Waals surface area (Å²) < 4.78 is 6.53. The number of benzene rings is 1. The third kappa shape index (κ3) is 3.48. The molecule has 0 saturated carbocycles. The molecule has 4 nitrogen and oxygen atoms in total. The molecule has 1 saturated heterocycles. The van der Waals surface area contributed by atoms with Crippen molar-refractivity contribution >= 4 is 56.7 Å². The first-order valence-corrected chi connectivity index (χ1v) is 8.72. The number of amides is 2.